The maximum Gasteiger partial charge on any atom is 0.421 e. The molecule has 0 saturated carbocycles. The van der Waals surface area contributed by atoms with Crippen LogP contribution in [0.3, 0.4) is 0 Å². The van der Waals surface area contributed by atoms with Crippen molar-refractivity contribution in [3.05, 3.63) is 84.4 Å². The SMILES string of the molecule is C=C/C=C(\N=C/CC)Nc1ncc(-c2ccc(CC(=O)Nc3cnc(OC)c(C(F)(F)F)c3)c(F)c2)cn1. The van der Waals surface area contributed by atoms with E-state index in [0.29, 0.717) is 23.0 Å². The lowest BCUT2D eigenvalue weighted by Gasteiger charge is -2.13. The van der Waals surface area contributed by atoms with E-state index >= 15 is 0 Å². The number of nitrogens with zero attached hydrogens (tertiary/aromatic N) is 4. The summed E-state index contributed by atoms with van der Waals surface area (Å²) in [6.45, 7) is 5.58. The summed E-state index contributed by atoms with van der Waals surface area (Å²) in [7, 11) is 1.06. The van der Waals surface area contributed by atoms with Gasteiger partial charge in [0.05, 0.1) is 25.4 Å². The minimum Gasteiger partial charge on any atom is -0.481 e. The number of aliphatic imine (C=N–C) groups is 1. The van der Waals surface area contributed by atoms with Gasteiger partial charge in [-0.25, -0.2) is 24.3 Å². The van der Waals surface area contributed by atoms with Gasteiger partial charge >= 0.3 is 6.18 Å². The number of halogens is 4. The molecule has 0 aliphatic rings. The zero-order valence-corrected chi connectivity index (χ0v) is 20.5. The second-order valence-corrected chi connectivity index (χ2v) is 7.74. The molecular formula is C26H24F4N6O2. The number of alkyl halides is 3. The quantitative estimate of drug-likeness (QED) is 0.196. The predicted octanol–water partition coefficient (Wildman–Crippen LogP) is 5.81. The smallest absolute Gasteiger partial charge is 0.421 e. The van der Waals surface area contributed by atoms with Gasteiger partial charge in [-0.05, 0) is 35.8 Å². The molecule has 0 aliphatic carbocycles. The molecule has 198 valence electrons. The third-order valence-electron chi connectivity index (χ3n) is 4.95. The Bertz CT molecular complexity index is 1350. The maximum atomic E-state index is 14.8. The lowest BCUT2D eigenvalue weighted by Crippen LogP contribution is -2.17. The van der Waals surface area contributed by atoms with Gasteiger partial charge < -0.3 is 15.4 Å². The molecule has 1 aromatic carbocycles. The van der Waals surface area contributed by atoms with E-state index in [-0.39, 0.29) is 17.2 Å². The van der Waals surface area contributed by atoms with Gasteiger partial charge in [0, 0.05) is 24.2 Å². The van der Waals surface area contributed by atoms with Crippen LogP contribution in [-0.2, 0) is 17.4 Å². The molecule has 1 amide bonds. The first-order valence-corrected chi connectivity index (χ1v) is 11.3. The summed E-state index contributed by atoms with van der Waals surface area (Å²) in [5.74, 6) is -1.23. The van der Waals surface area contributed by atoms with Crippen molar-refractivity contribution >= 4 is 23.8 Å². The van der Waals surface area contributed by atoms with Crippen LogP contribution < -0.4 is 15.4 Å². The fraction of sp³-hybridized carbons (Fsp3) is 0.192. The number of pyridine rings is 1. The van der Waals surface area contributed by atoms with E-state index in [2.05, 4.69) is 41.9 Å². The number of carbonyl (C=O) groups is 1. The van der Waals surface area contributed by atoms with Gasteiger partial charge in [-0.3, -0.25) is 4.79 Å². The zero-order chi connectivity index (χ0) is 27.7. The highest BCUT2D eigenvalue weighted by atomic mass is 19.4. The predicted molar refractivity (Wildman–Crippen MR) is 136 cm³/mol. The van der Waals surface area contributed by atoms with Gasteiger partial charge in [0.1, 0.15) is 17.2 Å². The monoisotopic (exact) mass is 528 g/mol. The van der Waals surface area contributed by atoms with Crippen molar-refractivity contribution in [3.63, 3.8) is 0 Å². The maximum absolute atomic E-state index is 14.8. The molecule has 2 heterocycles. The number of amides is 1. The Balaban J connectivity index is 1.69. The molecule has 38 heavy (non-hydrogen) atoms. The highest BCUT2D eigenvalue weighted by molar-refractivity contribution is 5.92. The molecular weight excluding hydrogens is 504 g/mol. The number of rotatable bonds is 10. The topological polar surface area (TPSA) is 101 Å². The number of benzene rings is 1. The van der Waals surface area contributed by atoms with Crippen molar-refractivity contribution in [1.82, 2.24) is 15.0 Å². The highest BCUT2D eigenvalue weighted by Gasteiger charge is 2.35. The van der Waals surface area contributed by atoms with Gasteiger partial charge in [0.15, 0.2) is 0 Å². The lowest BCUT2D eigenvalue weighted by atomic mass is 10.0. The average molecular weight is 529 g/mol. The summed E-state index contributed by atoms with van der Waals surface area (Å²) < 4.78 is 58.9. The van der Waals surface area contributed by atoms with Crippen molar-refractivity contribution in [1.29, 1.82) is 0 Å². The number of nitrogens with one attached hydrogen (secondary N) is 2. The number of hydrogen-bond acceptors (Lipinski definition) is 7. The Labute approximate surface area is 216 Å². The number of allylic oxidation sites excluding steroid dienone is 2. The van der Waals surface area contributed by atoms with Gasteiger partial charge in [-0.15, -0.1) is 0 Å². The molecule has 2 aromatic heterocycles. The minimum atomic E-state index is -4.73. The Kier molecular flexibility index (Phi) is 9.25. The van der Waals surface area contributed by atoms with Crippen LogP contribution in [0, 0.1) is 5.82 Å². The van der Waals surface area contributed by atoms with E-state index in [1.807, 2.05) is 6.92 Å². The average Bonchev–Trinajstić information content (AvgIpc) is 2.88. The van der Waals surface area contributed by atoms with Crippen LogP contribution >= 0.6 is 0 Å². The van der Waals surface area contributed by atoms with E-state index in [1.165, 1.54) is 24.5 Å². The van der Waals surface area contributed by atoms with Crippen LogP contribution in [0.4, 0.5) is 29.2 Å². The van der Waals surface area contributed by atoms with Crippen LogP contribution in [0.5, 0.6) is 5.88 Å². The first-order valence-electron chi connectivity index (χ1n) is 11.3. The van der Waals surface area contributed by atoms with E-state index in [4.69, 9.17) is 0 Å². The molecule has 3 aromatic rings. The Hall–Kier alpha value is -4.61. The fourth-order valence-corrected chi connectivity index (χ4v) is 3.21. The molecule has 12 heteroatoms. The molecule has 8 nitrogen and oxygen atoms in total. The van der Waals surface area contributed by atoms with E-state index in [0.717, 1.165) is 19.7 Å². The van der Waals surface area contributed by atoms with Gasteiger partial charge in [-0.1, -0.05) is 31.7 Å². The number of aromatic nitrogens is 3. The summed E-state index contributed by atoms with van der Waals surface area (Å²) in [6.07, 6.45) is 4.58. The van der Waals surface area contributed by atoms with Gasteiger partial charge in [0.2, 0.25) is 17.7 Å². The summed E-state index contributed by atoms with van der Waals surface area (Å²) in [6, 6.07) is 4.92. The van der Waals surface area contributed by atoms with Crippen molar-refractivity contribution in [3.8, 4) is 17.0 Å². The molecule has 0 bridgehead atoms. The van der Waals surface area contributed by atoms with E-state index in [9.17, 15) is 22.4 Å². The molecule has 0 saturated heterocycles. The zero-order valence-electron chi connectivity index (χ0n) is 20.5. The van der Waals surface area contributed by atoms with Gasteiger partial charge in [0.25, 0.3) is 0 Å². The molecule has 0 radical (unpaired) electrons. The third-order valence-corrected chi connectivity index (χ3v) is 4.95. The molecule has 0 atom stereocenters. The highest BCUT2D eigenvalue weighted by Crippen LogP contribution is 2.36. The second-order valence-electron chi connectivity index (χ2n) is 7.74. The number of methoxy groups -OCH3 is 1. The van der Waals surface area contributed by atoms with Crippen molar-refractivity contribution in [2.75, 3.05) is 17.7 Å². The van der Waals surface area contributed by atoms with Gasteiger partial charge in [-0.2, -0.15) is 13.2 Å². The summed E-state index contributed by atoms with van der Waals surface area (Å²) in [5.41, 5.74) is -0.286. The van der Waals surface area contributed by atoms with Crippen LogP contribution in [0.2, 0.25) is 0 Å². The summed E-state index contributed by atoms with van der Waals surface area (Å²) >= 11 is 0. The first kappa shape index (κ1) is 28.0. The lowest BCUT2D eigenvalue weighted by molar-refractivity contribution is -0.139. The van der Waals surface area contributed by atoms with Crippen LogP contribution in [0.15, 0.2) is 72.4 Å². The number of anilines is 2. The molecule has 0 fully saturated rings. The first-order chi connectivity index (χ1) is 18.1. The number of hydrogen-bond donors (Lipinski definition) is 2. The molecule has 2 N–H and O–H groups in total. The summed E-state index contributed by atoms with van der Waals surface area (Å²) in [4.78, 5) is 28.6. The molecule has 0 unspecified atom stereocenters. The third kappa shape index (κ3) is 7.45. The Morgan fingerprint density at radius 1 is 1.11 bits per heavy atom. The standard InChI is InChI=1S/C26H24F4N6O2/c1-4-6-22(31-9-5-2)36-25-33-13-18(14-34-25)16-7-8-17(21(27)10-16)11-23(37)35-19-12-20(26(28,29)30)24(38-3)32-15-19/h4,6-10,12-15H,1,5,11H2,2-3H3,(H,35,37)(H,33,34,36)/b22-6+,31-9-. The van der Waals surface area contributed by atoms with E-state index < -0.39 is 35.8 Å². The van der Waals surface area contributed by atoms with Crippen LogP contribution in [0.1, 0.15) is 24.5 Å². The Morgan fingerprint density at radius 2 is 1.84 bits per heavy atom. The molecule has 0 aliphatic heterocycles. The minimum absolute atomic E-state index is 0.0518. The van der Waals surface area contributed by atoms with Crippen molar-refractivity contribution in [2.24, 2.45) is 4.99 Å². The largest absolute Gasteiger partial charge is 0.481 e. The van der Waals surface area contributed by atoms with Crippen molar-refractivity contribution < 1.29 is 27.1 Å². The second kappa shape index (κ2) is 12.6. The normalized spacial score (nSPS) is 11.9. The fourth-order valence-electron chi connectivity index (χ4n) is 3.21. The van der Waals surface area contributed by atoms with Crippen LogP contribution in [0.25, 0.3) is 11.1 Å². The van der Waals surface area contributed by atoms with Crippen molar-refractivity contribution in [2.45, 2.75) is 25.9 Å². The number of ether oxygens (including phenoxy) is 1. The number of carbonyl (C=O) groups excluding carboxylic acids is 1. The van der Waals surface area contributed by atoms with Crippen LogP contribution in [-0.4, -0.2) is 34.2 Å². The Morgan fingerprint density at radius 3 is 2.45 bits per heavy atom. The summed E-state index contributed by atoms with van der Waals surface area (Å²) in [5, 5.41) is 5.25. The molecule has 3 rings (SSSR count). The van der Waals surface area contributed by atoms with E-state index in [1.54, 1.807) is 24.4 Å². The molecule has 0 spiro atoms.